The molecular formula is C20H17N3O2S. The number of primary amides is 1. The second kappa shape index (κ2) is 7.46. The van der Waals surface area contributed by atoms with Crippen molar-refractivity contribution in [1.29, 1.82) is 5.26 Å². The number of benzene rings is 2. The first-order chi connectivity index (χ1) is 12.5. The van der Waals surface area contributed by atoms with Crippen molar-refractivity contribution in [3.8, 4) is 6.07 Å². The standard InChI is InChI=1S/C20H17N3O2S/c1-13-7-9-15(10-8-13)23-19(25)17(11-14-5-3-2-4-6-14)26-20(23)16(12-21)18(22)24/h2-10,17H,11H2,1H3,(H2,22,24)/b20-16-/t17-/m0/s1. The molecule has 1 fully saturated rings. The highest BCUT2D eigenvalue weighted by Gasteiger charge is 2.40. The number of carbonyl (C=O) groups excluding carboxylic acids is 2. The van der Waals surface area contributed by atoms with E-state index in [1.165, 1.54) is 16.7 Å². The lowest BCUT2D eigenvalue weighted by Crippen LogP contribution is -2.31. The van der Waals surface area contributed by atoms with E-state index in [-0.39, 0.29) is 11.5 Å². The maximum Gasteiger partial charge on any atom is 0.262 e. The van der Waals surface area contributed by atoms with Crippen LogP contribution in [0.4, 0.5) is 5.69 Å². The number of carbonyl (C=O) groups is 2. The molecule has 0 spiro atoms. The molecule has 6 heteroatoms. The van der Waals surface area contributed by atoms with Crippen molar-refractivity contribution in [3.63, 3.8) is 0 Å². The van der Waals surface area contributed by atoms with Crippen LogP contribution in [-0.4, -0.2) is 17.1 Å². The second-order valence-electron chi connectivity index (χ2n) is 5.96. The molecule has 0 unspecified atom stereocenters. The predicted octanol–water partition coefficient (Wildman–Crippen LogP) is 2.91. The van der Waals surface area contributed by atoms with E-state index in [2.05, 4.69) is 0 Å². The number of hydrogen-bond acceptors (Lipinski definition) is 4. The van der Waals surface area contributed by atoms with Gasteiger partial charge in [0.25, 0.3) is 5.91 Å². The van der Waals surface area contributed by atoms with Crippen LogP contribution >= 0.6 is 11.8 Å². The highest BCUT2D eigenvalue weighted by Crippen LogP contribution is 2.41. The average Bonchev–Trinajstić information content (AvgIpc) is 2.93. The zero-order valence-electron chi connectivity index (χ0n) is 14.2. The van der Waals surface area contributed by atoms with E-state index >= 15 is 0 Å². The Kier molecular flexibility index (Phi) is 5.10. The van der Waals surface area contributed by atoms with Crippen LogP contribution in [0.15, 0.2) is 65.2 Å². The summed E-state index contributed by atoms with van der Waals surface area (Å²) in [4.78, 5) is 26.2. The summed E-state index contributed by atoms with van der Waals surface area (Å²) in [7, 11) is 0. The van der Waals surface area contributed by atoms with Crippen molar-refractivity contribution in [2.24, 2.45) is 5.73 Å². The minimum Gasteiger partial charge on any atom is -0.365 e. The molecule has 1 aliphatic heterocycles. The van der Waals surface area contributed by atoms with E-state index in [1.54, 1.807) is 12.1 Å². The molecule has 0 saturated carbocycles. The molecule has 2 aromatic carbocycles. The fourth-order valence-corrected chi connectivity index (χ4v) is 4.07. The summed E-state index contributed by atoms with van der Waals surface area (Å²) in [6.07, 6.45) is 0.508. The zero-order valence-corrected chi connectivity index (χ0v) is 15.0. The minimum absolute atomic E-state index is 0.160. The summed E-state index contributed by atoms with van der Waals surface area (Å²) in [6, 6.07) is 18.9. The summed E-state index contributed by atoms with van der Waals surface area (Å²) in [5.74, 6) is -0.994. The summed E-state index contributed by atoms with van der Waals surface area (Å²) >= 11 is 1.21. The quantitative estimate of drug-likeness (QED) is 0.668. The van der Waals surface area contributed by atoms with E-state index < -0.39 is 11.2 Å². The lowest BCUT2D eigenvalue weighted by Gasteiger charge is -2.18. The largest absolute Gasteiger partial charge is 0.365 e. The highest BCUT2D eigenvalue weighted by atomic mass is 32.2. The fraction of sp³-hybridized carbons (Fsp3) is 0.150. The lowest BCUT2D eigenvalue weighted by atomic mass is 10.1. The SMILES string of the molecule is Cc1ccc(N2C(=O)[C@H](Cc3ccccc3)S/C2=C(/C#N)C(N)=O)cc1. The van der Waals surface area contributed by atoms with Crippen molar-refractivity contribution < 1.29 is 9.59 Å². The van der Waals surface area contributed by atoms with Gasteiger partial charge in [0.2, 0.25) is 5.91 Å². The van der Waals surface area contributed by atoms with Crippen molar-refractivity contribution in [2.45, 2.75) is 18.6 Å². The van der Waals surface area contributed by atoms with Crippen LogP contribution < -0.4 is 10.6 Å². The molecule has 1 heterocycles. The van der Waals surface area contributed by atoms with Crippen LogP contribution in [0.5, 0.6) is 0 Å². The van der Waals surface area contributed by atoms with Gasteiger partial charge in [0.1, 0.15) is 16.7 Å². The number of hydrogen-bond donors (Lipinski definition) is 1. The third kappa shape index (κ3) is 3.48. The van der Waals surface area contributed by atoms with E-state index in [1.807, 2.05) is 55.5 Å². The monoisotopic (exact) mass is 363 g/mol. The third-order valence-electron chi connectivity index (χ3n) is 4.08. The minimum atomic E-state index is -0.833. The van der Waals surface area contributed by atoms with Crippen molar-refractivity contribution in [2.75, 3.05) is 4.90 Å². The molecule has 2 N–H and O–H groups in total. The van der Waals surface area contributed by atoms with Gasteiger partial charge in [-0.25, -0.2) is 0 Å². The molecule has 0 bridgehead atoms. The molecular weight excluding hydrogens is 346 g/mol. The van der Waals surface area contributed by atoms with Gasteiger partial charge in [-0.05, 0) is 31.0 Å². The van der Waals surface area contributed by atoms with E-state index in [0.29, 0.717) is 17.1 Å². The smallest absolute Gasteiger partial charge is 0.262 e. The first kappa shape index (κ1) is 17.8. The molecule has 1 atom stereocenters. The van der Waals surface area contributed by atoms with Crippen LogP contribution in [0.2, 0.25) is 0 Å². The topological polar surface area (TPSA) is 87.2 Å². The molecule has 2 aromatic rings. The summed E-state index contributed by atoms with van der Waals surface area (Å²) in [5.41, 5.74) is 7.85. The molecule has 3 rings (SSSR count). The van der Waals surface area contributed by atoms with Crippen molar-refractivity contribution in [3.05, 3.63) is 76.3 Å². The number of amides is 2. The number of anilines is 1. The molecule has 0 aliphatic carbocycles. The second-order valence-corrected chi connectivity index (χ2v) is 7.15. The Bertz CT molecular complexity index is 914. The van der Waals surface area contributed by atoms with Gasteiger partial charge in [-0.15, -0.1) is 0 Å². The molecule has 0 radical (unpaired) electrons. The van der Waals surface area contributed by atoms with Crippen LogP contribution in [0.25, 0.3) is 0 Å². The molecule has 5 nitrogen and oxygen atoms in total. The average molecular weight is 363 g/mol. The number of thioether (sulfide) groups is 1. The fourth-order valence-electron chi connectivity index (χ4n) is 2.76. The summed E-state index contributed by atoms with van der Waals surface area (Å²) < 4.78 is 0. The predicted molar refractivity (Wildman–Crippen MR) is 102 cm³/mol. The number of nitrogens with two attached hydrogens (primary N) is 1. The van der Waals surface area contributed by atoms with Gasteiger partial charge in [-0.3, -0.25) is 14.5 Å². The van der Waals surface area contributed by atoms with Gasteiger partial charge in [-0.2, -0.15) is 5.26 Å². The maximum absolute atomic E-state index is 13.1. The summed E-state index contributed by atoms with van der Waals surface area (Å²) in [5, 5.41) is 9.25. The van der Waals surface area contributed by atoms with Gasteiger partial charge in [0.05, 0.1) is 5.25 Å². The van der Waals surface area contributed by atoms with E-state index in [4.69, 9.17) is 5.73 Å². The Balaban J connectivity index is 2.03. The van der Waals surface area contributed by atoms with E-state index in [0.717, 1.165) is 11.1 Å². The van der Waals surface area contributed by atoms with Gasteiger partial charge in [0, 0.05) is 5.69 Å². The van der Waals surface area contributed by atoms with Crippen molar-refractivity contribution in [1.82, 2.24) is 0 Å². The molecule has 130 valence electrons. The van der Waals surface area contributed by atoms with Gasteiger partial charge in [0.15, 0.2) is 0 Å². The number of aryl methyl sites for hydroxylation is 1. The zero-order chi connectivity index (χ0) is 18.7. The molecule has 26 heavy (non-hydrogen) atoms. The van der Waals surface area contributed by atoms with Gasteiger partial charge in [-0.1, -0.05) is 59.8 Å². The highest BCUT2D eigenvalue weighted by molar-refractivity contribution is 8.05. The Morgan fingerprint density at radius 2 is 1.85 bits per heavy atom. The normalized spacial score (nSPS) is 18.5. The van der Waals surface area contributed by atoms with Crippen LogP contribution in [0.3, 0.4) is 0 Å². The Labute approximate surface area is 156 Å². The first-order valence-corrected chi connectivity index (χ1v) is 8.94. The maximum atomic E-state index is 13.1. The molecule has 1 aliphatic rings. The first-order valence-electron chi connectivity index (χ1n) is 8.06. The Morgan fingerprint density at radius 3 is 2.42 bits per heavy atom. The number of nitriles is 1. The number of nitrogens with zero attached hydrogens (tertiary/aromatic N) is 2. The van der Waals surface area contributed by atoms with Crippen LogP contribution in [0.1, 0.15) is 11.1 Å². The summed E-state index contributed by atoms with van der Waals surface area (Å²) in [6.45, 7) is 1.95. The molecule has 2 amide bonds. The molecule has 0 aromatic heterocycles. The third-order valence-corrected chi connectivity index (χ3v) is 5.34. The lowest BCUT2D eigenvalue weighted by molar-refractivity contribution is -0.117. The molecule has 1 saturated heterocycles. The Morgan fingerprint density at radius 1 is 1.19 bits per heavy atom. The Hall–Kier alpha value is -3.04. The van der Waals surface area contributed by atoms with Crippen LogP contribution in [0, 0.1) is 18.3 Å². The van der Waals surface area contributed by atoms with Gasteiger partial charge < -0.3 is 5.73 Å². The van der Waals surface area contributed by atoms with Crippen molar-refractivity contribution >= 4 is 29.3 Å². The van der Waals surface area contributed by atoms with Crippen LogP contribution in [-0.2, 0) is 16.0 Å². The van der Waals surface area contributed by atoms with Gasteiger partial charge >= 0.3 is 0 Å². The van der Waals surface area contributed by atoms with E-state index in [9.17, 15) is 14.9 Å². The number of rotatable bonds is 4.